The SMILES string of the molecule is CSc1ccc(-c2cnc(N(C)C)nc2C2CCCN(C(=O)Cn3cccn3)C2)cc1. The molecule has 3 aromatic rings. The first kappa shape index (κ1) is 21.4. The van der Waals surface area contributed by atoms with Crippen molar-refractivity contribution in [2.75, 3.05) is 38.3 Å². The predicted molar refractivity (Wildman–Crippen MR) is 124 cm³/mol. The summed E-state index contributed by atoms with van der Waals surface area (Å²) in [5.41, 5.74) is 3.18. The van der Waals surface area contributed by atoms with Gasteiger partial charge in [-0.05, 0) is 42.9 Å². The summed E-state index contributed by atoms with van der Waals surface area (Å²) in [5.74, 6) is 0.966. The monoisotopic (exact) mass is 436 g/mol. The maximum absolute atomic E-state index is 12.9. The lowest BCUT2D eigenvalue weighted by Crippen LogP contribution is -2.41. The van der Waals surface area contributed by atoms with E-state index >= 15 is 0 Å². The Bertz CT molecular complexity index is 1020. The van der Waals surface area contributed by atoms with Crippen LogP contribution in [0.25, 0.3) is 11.1 Å². The summed E-state index contributed by atoms with van der Waals surface area (Å²) in [4.78, 5) is 27.5. The number of aromatic nitrogens is 4. The minimum Gasteiger partial charge on any atom is -0.347 e. The molecule has 7 nitrogen and oxygen atoms in total. The van der Waals surface area contributed by atoms with E-state index < -0.39 is 0 Å². The van der Waals surface area contributed by atoms with Gasteiger partial charge in [0.1, 0.15) is 6.54 Å². The Labute approximate surface area is 187 Å². The van der Waals surface area contributed by atoms with Gasteiger partial charge in [-0.1, -0.05) is 12.1 Å². The van der Waals surface area contributed by atoms with Crippen molar-refractivity contribution in [2.45, 2.75) is 30.2 Å². The standard InChI is InChI=1S/C23H28N6OS/c1-27(2)23-24-14-20(17-7-9-19(31-3)10-8-17)22(26-23)18-6-4-12-28(15-18)21(30)16-29-13-5-11-25-29/h5,7-11,13-14,18H,4,6,12,15-16H2,1-3H3. The van der Waals surface area contributed by atoms with E-state index in [1.807, 2.05) is 42.4 Å². The highest BCUT2D eigenvalue weighted by Gasteiger charge is 2.28. The number of carbonyl (C=O) groups is 1. The second kappa shape index (κ2) is 9.51. The number of hydrogen-bond acceptors (Lipinski definition) is 6. The Morgan fingerprint density at radius 1 is 1.26 bits per heavy atom. The Morgan fingerprint density at radius 3 is 2.74 bits per heavy atom. The summed E-state index contributed by atoms with van der Waals surface area (Å²) in [6, 6.07) is 10.4. The normalized spacial score (nSPS) is 16.4. The third-order valence-corrected chi connectivity index (χ3v) is 6.37. The average Bonchev–Trinajstić information content (AvgIpc) is 3.32. The molecule has 0 N–H and O–H groups in total. The number of rotatable bonds is 6. The highest BCUT2D eigenvalue weighted by Crippen LogP contribution is 2.34. The van der Waals surface area contributed by atoms with Crippen molar-refractivity contribution in [3.63, 3.8) is 0 Å². The van der Waals surface area contributed by atoms with Crippen molar-refractivity contribution in [2.24, 2.45) is 0 Å². The van der Waals surface area contributed by atoms with E-state index in [4.69, 9.17) is 4.98 Å². The van der Waals surface area contributed by atoms with E-state index in [0.29, 0.717) is 12.5 Å². The van der Waals surface area contributed by atoms with Crippen LogP contribution < -0.4 is 4.90 Å². The minimum atomic E-state index is 0.0983. The van der Waals surface area contributed by atoms with Crippen molar-refractivity contribution >= 4 is 23.6 Å². The van der Waals surface area contributed by atoms with Gasteiger partial charge >= 0.3 is 0 Å². The molecule has 8 heteroatoms. The molecule has 1 fully saturated rings. The maximum Gasteiger partial charge on any atom is 0.244 e. The molecule has 0 aliphatic carbocycles. The molecule has 1 atom stereocenters. The van der Waals surface area contributed by atoms with E-state index in [-0.39, 0.29) is 18.4 Å². The summed E-state index contributed by atoms with van der Waals surface area (Å²) >= 11 is 1.73. The van der Waals surface area contributed by atoms with Crippen LogP contribution >= 0.6 is 11.8 Å². The van der Waals surface area contributed by atoms with Gasteiger partial charge in [0, 0.05) is 62.2 Å². The average molecular weight is 437 g/mol. The second-order valence-corrected chi connectivity index (χ2v) is 8.85. The lowest BCUT2D eigenvalue weighted by molar-refractivity contribution is -0.133. The number of piperidine rings is 1. The lowest BCUT2D eigenvalue weighted by atomic mass is 9.90. The van der Waals surface area contributed by atoms with Gasteiger partial charge < -0.3 is 9.80 Å². The quantitative estimate of drug-likeness (QED) is 0.551. The number of nitrogens with zero attached hydrogens (tertiary/aromatic N) is 6. The van der Waals surface area contributed by atoms with Crippen LogP contribution in [0.4, 0.5) is 5.95 Å². The topological polar surface area (TPSA) is 67.2 Å². The molecule has 31 heavy (non-hydrogen) atoms. The molecule has 3 heterocycles. The minimum absolute atomic E-state index is 0.0983. The largest absolute Gasteiger partial charge is 0.347 e. The molecule has 0 radical (unpaired) electrons. The van der Waals surface area contributed by atoms with E-state index in [0.717, 1.165) is 36.2 Å². The molecule has 4 rings (SSSR count). The van der Waals surface area contributed by atoms with Crippen LogP contribution in [0, 0.1) is 0 Å². The fourth-order valence-corrected chi connectivity index (χ4v) is 4.37. The van der Waals surface area contributed by atoms with Crippen molar-refractivity contribution in [1.82, 2.24) is 24.6 Å². The van der Waals surface area contributed by atoms with Crippen LogP contribution in [-0.2, 0) is 11.3 Å². The van der Waals surface area contributed by atoms with Gasteiger partial charge in [0.25, 0.3) is 0 Å². The number of thioether (sulfide) groups is 1. The second-order valence-electron chi connectivity index (χ2n) is 7.97. The van der Waals surface area contributed by atoms with Crippen molar-refractivity contribution < 1.29 is 4.79 Å². The molecule has 1 aliphatic heterocycles. The number of carbonyl (C=O) groups excluding carboxylic acids is 1. The highest BCUT2D eigenvalue weighted by atomic mass is 32.2. The molecule has 2 aromatic heterocycles. The number of amides is 1. The van der Waals surface area contributed by atoms with E-state index in [1.54, 1.807) is 22.6 Å². The van der Waals surface area contributed by atoms with Crippen LogP contribution in [-0.4, -0.2) is 64.0 Å². The number of hydrogen-bond donors (Lipinski definition) is 0. The van der Waals surface area contributed by atoms with Crippen LogP contribution in [0.1, 0.15) is 24.5 Å². The van der Waals surface area contributed by atoms with Gasteiger partial charge in [0.2, 0.25) is 11.9 Å². The van der Waals surface area contributed by atoms with Gasteiger partial charge in [-0.2, -0.15) is 5.10 Å². The van der Waals surface area contributed by atoms with Crippen LogP contribution in [0.5, 0.6) is 0 Å². The lowest BCUT2D eigenvalue weighted by Gasteiger charge is -2.33. The first-order valence-electron chi connectivity index (χ1n) is 10.5. The summed E-state index contributed by atoms with van der Waals surface area (Å²) in [5, 5.41) is 4.17. The van der Waals surface area contributed by atoms with E-state index in [9.17, 15) is 4.79 Å². The Hall–Kier alpha value is -2.87. The van der Waals surface area contributed by atoms with Gasteiger partial charge in [0.05, 0.1) is 5.69 Å². The number of anilines is 1. The summed E-state index contributed by atoms with van der Waals surface area (Å²) < 4.78 is 1.68. The predicted octanol–water partition coefficient (Wildman–Crippen LogP) is 3.53. The Morgan fingerprint density at radius 2 is 2.06 bits per heavy atom. The molecular formula is C23H28N6OS. The van der Waals surface area contributed by atoms with Gasteiger partial charge in [-0.3, -0.25) is 9.48 Å². The third kappa shape index (κ3) is 4.90. The maximum atomic E-state index is 12.9. The molecule has 0 spiro atoms. The first-order chi connectivity index (χ1) is 15.0. The summed E-state index contributed by atoms with van der Waals surface area (Å²) in [6.07, 6.45) is 9.49. The van der Waals surface area contributed by atoms with Crippen LogP contribution in [0.3, 0.4) is 0 Å². The van der Waals surface area contributed by atoms with Gasteiger partial charge in [-0.25, -0.2) is 9.97 Å². The van der Waals surface area contributed by atoms with E-state index in [2.05, 4.69) is 40.6 Å². The fourth-order valence-electron chi connectivity index (χ4n) is 3.96. The van der Waals surface area contributed by atoms with Gasteiger partial charge in [-0.15, -0.1) is 11.8 Å². The highest BCUT2D eigenvalue weighted by molar-refractivity contribution is 7.98. The third-order valence-electron chi connectivity index (χ3n) is 5.62. The molecule has 1 aromatic carbocycles. The molecule has 0 bridgehead atoms. The number of benzene rings is 1. The Balaban J connectivity index is 1.62. The summed E-state index contributed by atoms with van der Waals surface area (Å²) in [7, 11) is 3.90. The zero-order valence-electron chi connectivity index (χ0n) is 18.2. The number of likely N-dealkylation sites (tertiary alicyclic amines) is 1. The molecule has 1 unspecified atom stereocenters. The summed E-state index contributed by atoms with van der Waals surface area (Å²) in [6.45, 7) is 1.72. The molecule has 1 amide bonds. The van der Waals surface area contributed by atoms with E-state index in [1.165, 1.54) is 4.90 Å². The fraction of sp³-hybridized carbons (Fsp3) is 0.391. The Kier molecular flexibility index (Phi) is 6.56. The zero-order valence-corrected chi connectivity index (χ0v) is 19.0. The van der Waals surface area contributed by atoms with Crippen molar-refractivity contribution in [3.05, 3.63) is 54.6 Å². The van der Waals surface area contributed by atoms with Crippen LogP contribution in [0.15, 0.2) is 53.8 Å². The van der Waals surface area contributed by atoms with Crippen LogP contribution in [0.2, 0.25) is 0 Å². The first-order valence-corrected chi connectivity index (χ1v) is 11.7. The molecule has 0 saturated carbocycles. The van der Waals surface area contributed by atoms with Crippen molar-refractivity contribution in [3.8, 4) is 11.1 Å². The molecule has 1 aliphatic rings. The molecule has 1 saturated heterocycles. The molecule has 162 valence electrons. The van der Waals surface area contributed by atoms with Gasteiger partial charge in [0.15, 0.2) is 0 Å². The van der Waals surface area contributed by atoms with Crippen molar-refractivity contribution in [1.29, 1.82) is 0 Å². The smallest absolute Gasteiger partial charge is 0.244 e. The zero-order chi connectivity index (χ0) is 21.8. The molecular weight excluding hydrogens is 408 g/mol.